The van der Waals surface area contributed by atoms with Crippen LogP contribution in [0.3, 0.4) is 0 Å². The fourth-order valence-corrected chi connectivity index (χ4v) is 0. The van der Waals surface area contributed by atoms with Gasteiger partial charge in [0.15, 0.2) is 0 Å². The largest absolute Gasteiger partial charge is 0.397 e. The molecule has 0 heterocycles. The maximum Gasteiger partial charge on any atom is 0.0479 e. The Labute approximate surface area is 57.5 Å². The molecule has 58 valence electrons. The van der Waals surface area contributed by atoms with Crippen LogP contribution in [0.25, 0.3) is 0 Å². The Balaban J connectivity index is 0. The zero-order chi connectivity index (χ0) is 7.91. The maximum absolute atomic E-state index is 8.40. The molecular weight excluding hydrogens is 116 g/mol. The number of hydrogen-bond donors (Lipinski definition) is 2. The van der Waals surface area contributed by atoms with Gasteiger partial charge in [-0.15, -0.1) is 0 Å². The van der Waals surface area contributed by atoms with E-state index in [4.69, 9.17) is 10.2 Å². The first-order chi connectivity index (χ1) is 3.97. The average molecular weight is 134 g/mol. The summed E-state index contributed by atoms with van der Waals surface area (Å²) in [6.07, 6.45) is 0. The summed E-state index contributed by atoms with van der Waals surface area (Å²) in [4.78, 5) is 0. The maximum atomic E-state index is 8.40. The normalized spacial score (nSPS) is 10.0. The highest BCUT2D eigenvalue weighted by Gasteiger charge is 2.05. The summed E-state index contributed by atoms with van der Waals surface area (Å²) in [6, 6.07) is 0. The molecule has 0 aromatic rings. The number of hydrogen-bond acceptors (Lipinski definition) is 2. The van der Waals surface area contributed by atoms with Crippen LogP contribution in [0.4, 0.5) is 0 Å². The van der Waals surface area contributed by atoms with Crippen molar-refractivity contribution in [3.05, 3.63) is 0 Å². The van der Waals surface area contributed by atoms with Gasteiger partial charge in [-0.1, -0.05) is 20.8 Å². The first-order valence-corrected chi connectivity index (χ1v) is 3.19. The van der Waals surface area contributed by atoms with Crippen LogP contribution >= 0.6 is 0 Å². The van der Waals surface area contributed by atoms with Gasteiger partial charge >= 0.3 is 0 Å². The van der Waals surface area contributed by atoms with Crippen LogP contribution in [-0.2, 0) is 0 Å². The highest BCUT2D eigenvalue weighted by atomic mass is 16.3. The highest BCUT2D eigenvalue weighted by Crippen LogP contribution is 2.09. The highest BCUT2D eigenvalue weighted by molar-refractivity contribution is 4.55. The summed E-state index contributed by atoms with van der Waals surface area (Å²) < 4.78 is 0. The van der Waals surface area contributed by atoms with Crippen LogP contribution < -0.4 is 0 Å². The van der Waals surface area contributed by atoms with Gasteiger partial charge in [0, 0.05) is 13.2 Å². The molecule has 0 unspecified atom stereocenters. The zero-order valence-electron chi connectivity index (χ0n) is 6.81. The zero-order valence-corrected chi connectivity index (χ0v) is 6.81. The van der Waals surface area contributed by atoms with Crippen molar-refractivity contribution < 1.29 is 10.2 Å². The van der Waals surface area contributed by atoms with Gasteiger partial charge in [0.2, 0.25) is 0 Å². The van der Waals surface area contributed by atoms with E-state index in [0.717, 1.165) is 0 Å². The molecule has 0 bridgehead atoms. The van der Waals surface area contributed by atoms with Crippen molar-refractivity contribution in [1.82, 2.24) is 0 Å². The SMILES string of the molecule is CC(C)(C)CO.CCO. The fourth-order valence-electron chi connectivity index (χ4n) is 0. The third-order valence-corrected chi connectivity index (χ3v) is 0.474. The molecule has 0 aliphatic carbocycles. The molecule has 0 aromatic carbocycles. The van der Waals surface area contributed by atoms with Crippen LogP contribution in [0.1, 0.15) is 27.7 Å². The second-order valence-electron chi connectivity index (χ2n) is 3.04. The van der Waals surface area contributed by atoms with Gasteiger partial charge in [0.25, 0.3) is 0 Å². The summed E-state index contributed by atoms with van der Waals surface area (Å²) in [5.74, 6) is 0. The molecule has 2 nitrogen and oxygen atoms in total. The van der Waals surface area contributed by atoms with Gasteiger partial charge in [-0.3, -0.25) is 0 Å². The fraction of sp³-hybridized carbons (Fsp3) is 1.00. The van der Waals surface area contributed by atoms with Crippen LogP contribution in [0.2, 0.25) is 0 Å². The van der Waals surface area contributed by atoms with Crippen LogP contribution in [0, 0.1) is 5.41 Å². The first kappa shape index (κ1) is 11.7. The van der Waals surface area contributed by atoms with Crippen LogP contribution in [0.5, 0.6) is 0 Å². The molecule has 0 spiro atoms. The van der Waals surface area contributed by atoms with E-state index in [0.29, 0.717) is 0 Å². The topological polar surface area (TPSA) is 40.5 Å². The second kappa shape index (κ2) is 6.05. The Morgan fingerprint density at radius 1 is 1.11 bits per heavy atom. The standard InChI is InChI=1S/C5H12O.C2H6O/c1-5(2,3)4-6;1-2-3/h6H,4H2,1-3H3;3H,2H2,1H3. The van der Waals surface area contributed by atoms with E-state index in [9.17, 15) is 0 Å². The monoisotopic (exact) mass is 134 g/mol. The Kier molecular flexibility index (Phi) is 7.85. The summed E-state index contributed by atoms with van der Waals surface area (Å²) in [6.45, 7) is 8.18. The third-order valence-electron chi connectivity index (χ3n) is 0.474. The molecule has 0 fully saturated rings. The van der Waals surface area contributed by atoms with Gasteiger partial charge in [-0.2, -0.15) is 0 Å². The van der Waals surface area contributed by atoms with E-state index < -0.39 is 0 Å². The van der Waals surface area contributed by atoms with Crippen molar-refractivity contribution in [1.29, 1.82) is 0 Å². The van der Waals surface area contributed by atoms with E-state index in [-0.39, 0.29) is 18.6 Å². The molecule has 2 heteroatoms. The van der Waals surface area contributed by atoms with Gasteiger partial charge in [0.05, 0.1) is 0 Å². The number of aliphatic hydroxyl groups excluding tert-OH is 2. The van der Waals surface area contributed by atoms with Crippen molar-refractivity contribution in [3.63, 3.8) is 0 Å². The van der Waals surface area contributed by atoms with Crippen molar-refractivity contribution in [2.45, 2.75) is 27.7 Å². The van der Waals surface area contributed by atoms with Crippen molar-refractivity contribution in [3.8, 4) is 0 Å². The Morgan fingerprint density at radius 3 is 1.22 bits per heavy atom. The average Bonchev–Trinajstić information content (AvgIpc) is 1.67. The van der Waals surface area contributed by atoms with E-state index >= 15 is 0 Å². The number of aliphatic hydroxyl groups is 2. The summed E-state index contributed by atoms with van der Waals surface area (Å²) >= 11 is 0. The molecular formula is C7H18O2. The second-order valence-corrected chi connectivity index (χ2v) is 3.04. The lowest BCUT2D eigenvalue weighted by molar-refractivity contribution is 0.177. The molecule has 0 aliphatic heterocycles. The molecule has 0 amide bonds. The molecule has 0 aliphatic rings. The Hall–Kier alpha value is -0.0800. The Morgan fingerprint density at radius 2 is 1.22 bits per heavy atom. The summed E-state index contributed by atoms with van der Waals surface area (Å²) in [5, 5.41) is 16.0. The summed E-state index contributed by atoms with van der Waals surface area (Å²) in [7, 11) is 0. The lowest BCUT2D eigenvalue weighted by Gasteiger charge is -2.11. The summed E-state index contributed by atoms with van der Waals surface area (Å²) in [5.41, 5.74) is 0.0972. The van der Waals surface area contributed by atoms with Crippen LogP contribution in [0.15, 0.2) is 0 Å². The molecule has 0 atom stereocenters. The van der Waals surface area contributed by atoms with Gasteiger partial charge in [-0.25, -0.2) is 0 Å². The van der Waals surface area contributed by atoms with E-state index in [2.05, 4.69) is 0 Å². The third kappa shape index (κ3) is 32.6. The van der Waals surface area contributed by atoms with Crippen molar-refractivity contribution >= 4 is 0 Å². The van der Waals surface area contributed by atoms with Crippen molar-refractivity contribution in [2.24, 2.45) is 5.41 Å². The lowest BCUT2D eigenvalue weighted by atomic mass is 9.99. The van der Waals surface area contributed by atoms with Gasteiger partial charge < -0.3 is 10.2 Å². The van der Waals surface area contributed by atoms with Gasteiger partial charge in [0.1, 0.15) is 0 Å². The van der Waals surface area contributed by atoms with E-state index in [1.165, 1.54) is 0 Å². The molecule has 0 saturated carbocycles. The molecule has 0 aromatic heterocycles. The quantitative estimate of drug-likeness (QED) is 0.519. The van der Waals surface area contributed by atoms with E-state index in [1.807, 2.05) is 20.8 Å². The molecule has 0 radical (unpaired) electrons. The Bertz CT molecular complexity index is 45.4. The van der Waals surface area contributed by atoms with E-state index in [1.54, 1.807) is 6.92 Å². The molecule has 0 saturated heterocycles. The minimum absolute atomic E-state index is 0.0972. The molecule has 9 heavy (non-hydrogen) atoms. The molecule has 0 rings (SSSR count). The smallest absolute Gasteiger partial charge is 0.0479 e. The minimum Gasteiger partial charge on any atom is -0.397 e. The van der Waals surface area contributed by atoms with Crippen molar-refractivity contribution in [2.75, 3.05) is 13.2 Å². The predicted molar refractivity (Wildman–Crippen MR) is 39.3 cm³/mol. The number of rotatable bonds is 0. The molecule has 2 N–H and O–H groups in total. The van der Waals surface area contributed by atoms with Gasteiger partial charge in [-0.05, 0) is 12.3 Å². The lowest BCUT2D eigenvalue weighted by Crippen LogP contribution is -2.09. The predicted octanol–water partition coefficient (Wildman–Crippen LogP) is 1.02. The first-order valence-electron chi connectivity index (χ1n) is 3.19. The minimum atomic E-state index is 0.0972. The van der Waals surface area contributed by atoms with Crippen LogP contribution in [-0.4, -0.2) is 23.4 Å².